The molecule has 0 spiro atoms. The topological polar surface area (TPSA) is 52.3 Å². The maximum absolute atomic E-state index is 12.1. The first-order valence-corrected chi connectivity index (χ1v) is 3.54. The minimum absolute atomic E-state index is 0. The Morgan fingerprint density at radius 2 is 1.71 bits per heavy atom. The standard InChI is InChI=1S/C7H12F3NO2.ClH/c1-6(2,5(12)13-3)4(11)7(8,9)10;/h4H,11H2,1-3H3;1H. The van der Waals surface area contributed by atoms with Crippen LogP contribution in [0.4, 0.5) is 13.2 Å². The minimum Gasteiger partial charge on any atom is -0.469 e. The van der Waals surface area contributed by atoms with Gasteiger partial charge in [0.2, 0.25) is 0 Å². The molecule has 3 nitrogen and oxygen atoms in total. The van der Waals surface area contributed by atoms with Crippen molar-refractivity contribution in [3.05, 3.63) is 0 Å². The summed E-state index contributed by atoms with van der Waals surface area (Å²) in [5.74, 6) is -0.975. The lowest BCUT2D eigenvalue weighted by Crippen LogP contribution is -2.52. The third-order valence-corrected chi connectivity index (χ3v) is 1.84. The van der Waals surface area contributed by atoms with Crippen molar-refractivity contribution in [1.82, 2.24) is 0 Å². The molecule has 0 saturated carbocycles. The van der Waals surface area contributed by atoms with Crippen molar-refractivity contribution < 1.29 is 22.7 Å². The van der Waals surface area contributed by atoms with Crippen molar-refractivity contribution in [3.63, 3.8) is 0 Å². The van der Waals surface area contributed by atoms with E-state index in [1.165, 1.54) is 0 Å². The molecule has 7 heteroatoms. The van der Waals surface area contributed by atoms with Crippen molar-refractivity contribution in [1.29, 1.82) is 0 Å². The van der Waals surface area contributed by atoms with E-state index in [4.69, 9.17) is 5.73 Å². The molecule has 0 heterocycles. The molecule has 86 valence electrons. The van der Waals surface area contributed by atoms with Crippen LogP contribution in [-0.2, 0) is 9.53 Å². The van der Waals surface area contributed by atoms with Gasteiger partial charge >= 0.3 is 12.1 Å². The number of halogens is 4. The van der Waals surface area contributed by atoms with E-state index in [0.29, 0.717) is 0 Å². The number of alkyl halides is 3. The van der Waals surface area contributed by atoms with E-state index in [0.717, 1.165) is 21.0 Å². The SMILES string of the molecule is COC(=O)C(C)(C)C(N)C(F)(F)F.Cl. The maximum atomic E-state index is 12.1. The van der Waals surface area contributed by atoms with E-state index in [1.807, 2.05) is 0 Å². The van der Waals surface area contributed by atoms with Crippen molar-refractivity contribution in [2.45, 2.75) is 26.1 Å². The molecule has 0 aromatic heterocycles. The molecule has 0 aliphatic heterocycles. The first-order chi connectivity index (χ1) is 5.64. The number of rotatable bonds is 2. The van der Waals surface area contributed by atoms with E-state index in [2.05, 4.69) is 4.74 Å². The molecule has 0 aliphatic rings. The smallest absolute Gasteiger partial charge is 0.404 e. The molecule has 0 saturated heterocycles. The van der Waals surface area contributed by atoms with E-state index >= 15 is 0 Å². The van der Waals surface area contributed by atoms with Crippen LogP contribution in [-0.4, -0.2) is 25.3 Å². The van der Waals surface area contributed by atoms with Gasteiger partial charge < -0.3 is 10.5 Å². The first-order valence-electron chi connectivity index (χ1n) is 3.54. The van der Waals surface area contributed by atoms with Gasteiger partial charge in [-0.2, -0.15) is 13.2 Å². The first kappa shape index (κ1) is 16.0. The van der Waals surface area contributed by atoms with Gasteiger partial charge in [-0.3, -0.25) is 4.79 Å². The second-order valence-electron chi connectivity index (χ2n) is 3.23. The molecule has 0 fully saturated rings. The van der Waals surface area contributed by atoms with Gasteiger partial charge in [0.1, 0.15) is 6.04 Å². The summed E-state index contributed by atoms with van der Waals surface area (Å²) in [5, 5.41) is 0. The Kier molecular flexibility index (Phi) is 5.51. The third-order valence-electron chi connectivity index (χ3n) is 1.84. The van der Waals surface area contributed by atoms with E-state index in [1.54, 1.807) is 0 Å². The number of nitrogens with two attached hydrogens (primary N) is 1. The van der Waals surface area contributed by atoms with Crippen LogP contribution in [0.3, 0.4) is 0 Å². The summed E-state index contributed by atoms with van der Waals surface area (Å²) in [6.07, 6.45) is -4.60. The zero-order valence-electron chi connectivity index (χ0n) is 8.01. The monoisotopic (exact) mass is 235 g/mol. The summed E-state index contributed by atoms with van der Waals surface area (Å²) < 4.78 is 40.5. The van der Waals surface area contributed by atoms with Crippen LogP contribution >= 0.6 is 12.4 Å². The predicted molar refractivity (Wildman–Crippen MR) is 47.1 cm³/mol. The average Bonchev–Trinajstić information content (AvgIpc) is 1.99. The lowest BCUT2D eigenvalue weighted by atomic mass is 9.84. The largest absolute Gasteiger partial charge is 0.469 e. The van der Waals surface area contributed by atoms with E-state index in [9.17, 15) is 18.0 Å². The zero-order valence-corrected chi connectivity index (χ0v) is 8.83. The Morgan fingerprint density at radius 3 is 1.93 bits per heavy atom. The third kappa shape index (κ3) is 3.34. The summed E-state index contributed by atoms with van der Waals surface area (Å²) in [5.41, 5.74) is 3.12. The van der Waals surface area contributed by atoms with Gasteiger partial charge in [0.25, 0.3) is 0 Å². The second-order valence-corrected chi connectivity index (χ2v) is 3.23. The van der Waals surface area contributed by atoms with Crippen LogP contribution in [0.25, 0.3) is 0 Å². The molecule has 0 radical (unpaired) electrons. The van der Waals surface area contributed by atoms with Crippen LogP contribution in [0, 0.1) is 5.41 Å². The van der Waals surface area contributed by atoms with Gasteiger partial charge in [0.05, 0.1) is 12.5 Å². The Labute approximate surface area is 86.2 Å². The number of carbonyl (C=O) groups excluding carboxylic acids is 1. The van der Waals surface area contributed by atoms with Crippen LogP contribution < -0.4 is 5.73 Å². The normalized spacial score (nSPS) is 14.2. The molecule has 0 aliphatic carbocycles. The Bertz CT molecular complexity index is 206. The molecule has 0 amide bonds. The number of esters is 1. The van der Waals surface area contributed by atoms with Gasteiger partial charge in [-0.05, 0) is 13.8 Å². The van der Waals surface area contributed by atoms with Crippen LogP contribution in [0.15, 0.2) is 0 Å². The van der Waals surface area contributed by atoms with Crippen molar-refractivity contribution in [2.24, 2.45) is 11.1 Å². The van der Waals surface area contributed by atoms with Gasteiger partial charge in [-0.25, -0.2) is 0 Å². The molecule has 1 unspecified atom stereocenters. The summed E-state index contributed by atoms with van der Waals surface area (Å²) >= 11 is 0. The van der Waals surface area contributed by atoms with Crippen LogP contribution in [0.1, 0.15) is 13.8 Å². The fraction of sp³-hybridized carbons (Fsp3) is 0.857. The summed E-state index contributed by atoms with van der Waals surface area (Å²) in [6, 6.07) is -2.22. The van der Waals surface area contributed by atoms with Crippen molar-refractivity contribution in [2.75, 3.05) is 7.11 Å². The average molecular weight is 236 g/mol. The molecule has 0 bridgehead atoms. The van der Waals surface area contributed by atoms with Gasteiger partial charge in [-0.1, -0.05) is 0 Å². The van der Waals surface area contributed by atoms with E-state index < -0.39 is 23.6 Å². The Morgan fingerprint density at radius 1 is 1.36 bits per heavy atom. The summed E-state index contributed by atoms with van der Waals surface area (Å²) in [6.45, 7) is 2.19. The maximum Gasteiger partial charge on any atom is 0.404 e. The van der Waals surface area contributed by atoms with Gasteiger partial charge in [0.15, 0.2) is 0 Å². The molecule has 0 rings (SSSR count). The number of hydrogen-bond donors (Lipinski definition) is 1. The molecule has 0 aromatic rings. The fourth-order valence-electron chi connectivity index (χ4n) is 0.799. The number of ether oxygens (including phenoxy) is 1. The highest BCUT2D eigenvalue weighted by atomic mass is 35.5. The Balaban J connectivity index is 0. The van der Waals surface area contributed by atoms with Crippen molar-refractivity contribution in [3.8, 4) is 0 Å². The van der Waals surface area contributed by atoms with Crippen LogP contribution in [0.2, 0.25) is 0 Å². The predicted octanol–water partition coefficient (Wildman–Crippen LogP) is 1.50. The lowest BCUT2D eigenvalue weighted by molar-refractivity contribution is -0.186. The molecule has 14 heavy (non-hydrogen) atoms. The van der Waals surface area contributed by atoms with E-state index in [-0.39, 0.29) is 12.4 Å². The fourth-order valence-corrected chi connectivity index (χ4v) is 0.799. The zero-order chi connectivity index (χ0) is 10.9. The molecule has 0 aromatic carbocycles. The van der Waals surface area contributed by atoms with Gasteiger partial charge in [0, 0.05) is 0 Å². The van der Waals surface area contributed by atoms with Crippen LogP contribution in [0.5, 0.6) is 0 Å². The minimum atomic E-state index is -4.60. The summed E-state index contributed by atoms with van der Waals surface area (Å²) in [4.78, 5) is 10.9. The quantitative estimate of drug-likeness (QED) is 0.738. The molecular formula is C7H13ClF3NO2. The highest BCUT2D eigenvalue weighted by Crippen LogP contribution is 2.32. The summed E-state index contributed by atoms with van der Waals surface area (Å²) in [7, 11) is 1.02. The molecule has 1 atom stereocenters. The Hall–Kier alpha value is -0.490. The van der Waals surface area contributed by atoms with Crippen molar-refractivity contribution >= 4 is 18.4 Å². The number of carbonyl (C=O) groups is 1. The number of methoxy groups -OCH3 is 1. The molecule has 2 N–H and O–H groups in total. The lowest BCUT2D eigenvalue weighted by Gasteiger charge is -2.29. The second kappa shape index (κ2) is 4.84. The van der Waals surface area contributed by atoms with Gasteiger partial charge in [-0.15, -0.1) is 12.4 Å². The highest BCUT2D eigenvalue weighted by molar-refractivity contribution is 5.85. The molecular weight excluding hydrogens is 223 g/mol. The number of hydrogen-bond acceptors (Lipinski definition) is 3. The highest BCUT2D eigenvalue weighted by Gasteiger charge is 2.50.